The van der Waals surface area contributed by atoms with Gasteiger partial charge in [0.25, 0.3) is 0 Å². The highest BCUT2D eigenvalue weighted by molar-refractivity contribution is 5.90. The number of carbonyl (C=O) groups is 2. The number of hydrogen-bond donors (Lipinski definition) is 0. The summed E-state index contributed by atoms with van der Waals surface area (Å²) in [6, 6.07) is 0. The fourth-order valence-electron chi connectivity index (χ4n) is 2.24. The zero-order valence-corrected chi connectivity index (χ0v) is 8.34. The van der Waals surface area contributed by atoms with Crippen molar-refractivity contribution >= 4 is 11.7 Å². The molecule has 0 aromatic carbocycles. The molecule has 1 heterocycles. The molecule has 3 nitrogen and oxygen atoms in total. The fourth-order valence-corrected chi connectivity index (χ4v) is 2.24. The van der Waals surface area contributed by atoms with Crippen LogP contribution in [0.25, 0.3) is 0 Å². The summed E-state index contributed by atoms with van der Waals surface area (Å²) < 4.78 is 25.8. The first kappa shape index (κ1) is 10.5. The third kappa shape index (κ3) is 2.16. The number of likely N-dealkylation sites (tertiary alicyclic amines) is 1. The van der Waals surface area contributed by atoms with Gasteiger partial charge in [0, 0.05) is 31.7 Å². The standard InChI is InChI=1S/C10H13F2NO2/c11-10(12)3-1-7(5-10)9(15)13-4-2-8(14)6-13/h7H,1-6H2. The van der Waals surface area contributed by atoms with E-state index in [1.807, 2.05) is 0 Å². The fraction of sp³-hybridized carbons (Fsp3) is 0.800. The van der Waals surface area contributed by atoms with Crippen LogP contribution in [0, 0.1) is 5.92 Å². The zero-order chi connectivity index (χ0) is 11.1. The second-order valence-corrected chi connectivity index (χ2v) is 4.34. The van der Waals surface area contributed by atoms with E-state index in [1.54, 1.807) is 0 Å². The Morgan fingerprint density at radius 2 is 2.20 bits per heavy atom. The average Bonchev–Trinajstić information content (AvgIpc) is 2.71. The Morgan fingerprint density at radius 1 is 1.47 bits per heavy atom. The Balaban J connectivity index is 1.95. The maximum atomic E-state index is 12.9. The Labute approximate surface area is 86.4 Å². The average molecular weight is 217 g/mol. The molecule has 0 N–H and O–H groups in total. The van der Waals surface area contributed by atoms with Gasteiger partial charge >= 0.3 is 0 Å². The monoisotopic (exact) mass is 217 g/mol. The molecule has 1 aliphatic carbocycles. The third-order valence-corrected chi connectivity index (χ3v) is 3.09. The molecule has 0 aromatic rings. The normalized spacial score (nSPS) is 29.9. The van der Waals surface area contributed by atoms with Crippen LogP contribution in [0.15, 0.2) is 0 Å². The lowest BCUT2D eigenvalue weighted by Gasteiger charge is -2.18. The lowest BCUT2D eigenvalue weighted by atomic mass is 10.1. The van der Waals surface area contributed by atoms with Gasteiger partial charge in [0.2, 0.25) is 11.8 Å². The lowest BCUT2D eigenvalue weighted by molar-refractivity contribution is -0.136. The topological polar surface area (TPSA) is 37.4 Å². The van der Waals surface area contributed by atoms with E-state index >= 15 is 0 Å². The van der Waals surface area contributed by atoms with Crippen LogP contribution in [0.3, 0.4) is 0 Å². The number of rotatable bonds is 1. The number of alkyl halides is 2. The predicted molar refractivity (Wildman–Crippen MR) is 48.5 cm³/mol. The third-order valence-electron chi connectivity index (χ3n) is 3.09. The van der Waals surface area contributed by atoms with E-state index in [-0.39, 0.29) is 37.5 Å². The molecule has 5 heteroatoms. The van der Waals surface area contributed by atoms with Crippen LogP contribution < -0.4 is 0 Å². The summed E-state index contributed by atoms with van der Waals surface area (Å²) >= 11 is 0. The molecular weight excluding hydrogens is 204 g/mol. The summed E-state index contributed by atoms with van der Waals surface area (Å²) in [6.45, 7) is 0.515. The van der Waals surface area contributed by atoms with E-state index in [0.29, 0.717) is 13.0 Å². The largest absolute Gasteiger partial charge is 0.335 e. The quantitative estimate of drug-likeness (QED) is 0.662. The van der Waals surface area contributed by atoms with E-state index in [1.165, 1.54) is 4.90 Å². The van der Waals surface area contributed by atoms with Gasteiger partial charge in [-0.15, -0.1) is 0 Å². The first-order chi connectivity index (χ1) is 6.98. The van der Waals surface area contributed by atoms with Gasteiger partial charge in [-0.2, -0.15) is 0 Å². The number of nitrogens with zero attached hydrogens (tertiary/aromatic N) is 1. The van der Waals surface area contributed by atoms with Crippen LogP contribution in [0.2, 0.25) is 0 Å². The van der Waals surface area contributed by atoms with Gasteiger partial charge in [-0.1, -0.05) is 0 Å². The molecule has 0 aromatic heterocycles. The molecule has 0 spiro atoms. The van der Waals surface area contributed by atoms with Crippen LogP contribution >= 0.6 is 0 Å². The zero-order valence-electron chi connectivity index (χ0n) is 8.34. The summed E-state index contributed by atoms with van der Waals surface area (Å²) in [5, 5.41) is 0. The number of carbonyl (C=O) groups excluding carboxylic acids is 2. The van der Waals surface area contributed by atoms with Crippen molar-refractivity contribution in [2.75, 3.05) is 13.1 Å². The van der Waals surface area contributed by atoms with Crippen molar-refractivity contribution in [3.63, 3.8) is 0 Å². The smallest absolute Gasteiger partial charge is 0.248 e. The Morgan fingerprint density at radius 3 is 2.67 bits per heavy atom. The van der Waals surface area contributed by atoms with Crippen molar-refractivity contribution < 1.29 is 18.4 Å². The SMILES string of the molecule is O=C1CCN(C(=O)C2CCC(F)(F)C2)C1. The molecule has 1 saturated heterocycles. The minimum Gasteiger partial charge on any atom is -0.335 e. The summed E-state index contributed by atoms with van der Waals surface area (Å²) in [5.41, 5.74) is 0. The van der Waals surface area contributed by atoms with Crippen molar-refractivity contribution in [1.29, 1.82) is 0 Å². The Bertz CT molecular complexity index is 304. The Kier molecular flexibility index (Phi) is 2.48. The molecule has 1 saturated carbocycles. The summed E-state index contributed by atoms with van der Waals surface area (Å²) in [4.78, 5) is 24.1. The van der Waals surface area contributed by atoms with Crippen LogP contribution in [0.4, 0.5) is 8.78 Å². The molecule has 0 radical (unpaired) electrons. The van der Waals surface area contributed by atoms with Crippen molar-refractivity contribution in [3.8, 4) is 0 Å². The minimum absolute atomic E-state index is 0.0214. The minimum atomic E-state index is -2.69. The van der Waals surface area contributed by atoms with E-state index in [9.17, 15) is 18.4 Å². The molecular formula is C10H13F2NO2. The van der Waals surface area contributed by atoms with Crippen LogP contribution in [-0.2, 0) is 9.59 Å². The van der Waals surface area contributed by atoms with Crippen molar-refractivity contribution in [2.24, 2.45) is 5.92 Å². The Hall–Kier alpha value is -1.00. The van der Waals surface area contributed by atoms with Gasteiger partial charge in [0.1, 0.15) is 0 Å². The maximum absolute atomic E-state index is 12.9. The molecule has 1 aliphatic heterocycles. The molecule has 2 rings (SSSR count). The van der Waals surface area contributed by atoms with Crippen molar-refractivity contribution in [2.45, 2.75) is 31.6 Å². The number of Topliss-reactive ketones (excluding diaryl/α,β-unsaturated/α-hetero) is 1. The lowest BCUT2D eigenvalue weighted by Crippen LogP contribution is -2.34. The number of amides is 1. The number of halogens is 2. The molecule has 2 aliphatic rings. The van der Waals surface area contributed by atoms with Gasteiger partial charge in [-0.05, 0) is 6.42 Å². The first-order valence-electron chi connectivity index (χ1n) is 5.16. The molecule has 1 amide bonds. The molecule has 2 fully saturated rings. The van der Waals surface area contributed by atoms with Crippen molar-refractivity contribution in [3.05, 3.63) is 0 Å². The first-order valence-corrected chi connectivity index (χ1v) is 5.16. The summed E-state index contributed by atoms with van der Waals surface area (Å²) in [5.74, 6) is -3.51. The van der Waals surface area contributed by atoms with Gasteiger partial charge in [0.05, 0.1) is 6.54 Å². The van der Waals surface area contributed by atoms with E-state index in [2.05, 4.69) is 0 Å². The summed E-state index contributed by atoms with van der Waals surface area (Å²) in [6.07, 6.45) is 0.0626. The molecule has 1 unspecified atom stereocenters. The van der Waals surface area contributed by atoms with Crippen LogP contribution in [0.1, 0.15) is 25.7 Å². The number of ketones is 1. The van der Waals surface area contributed by atoms with E-state index in [4.69, 9.17) is 0 Å². The highest BCUT2D eigenvalue weighted by Crippen LogP contribution is 2.39. The van der Waals surface area contributed by atoms with Gasteiger partial charge in [-0.3, -0.25) is 9.59 Å². The highest BCUT2D eigenvalue weighted by atomic mass is 19.3. The van der Waals surface area contributed by atoms with Gasteiger partial charge < -0.3 is 4.90 Å². The highest BCUT2D eigenvalue weighted by Gasteiger charge is 2.44. The van der Waals surface area contributed by atoms with Crippen LogP contribution in [-0.4, -0.2) is 35.6 Å². The maximum Gasteiger partial charge on any atom is 0.248 e. The van der Waals surface area contributed by atoms with E-state index in [0.717, 1.165) is 0 Å². The van der Waals surface area contributed by atoms with Crippen molar-refractivity contribution in [1.82, 2.24) is 4.90 Å². The van der Waals surface area contributed by atoms with Gasteiger partial charge in [-0.25, -0.2) is 8.78 Å². The molecule has 1 atom stereocenters. The number of hydrogen-bond acceptors (Lipinski definition) is 2. The predicted octanol–water partition coefficient (Wildman–Crippen LogP) is 1.22. The second-order valence-electron chi connectivity index (χ2n) is 4.34. The molecule has 15 heavy (non-hydrogen) atoms. The van der Waals surface area contributed by atoms with E-state index < -0.39 is 11.8 Å². The van der Waals surface area contributed by atoms with Crippen LogP contribution in [0.5, 0.6) is 0 Å². The second kappa shape index (κ2) is 3.54. The molecule has 0 bridgehead atoms. The van der Waals surface area contributed by atoms with Gasteiger partial charge in [0.15, 0.2) is 5.78 Å². The summed E-state index contributed by atoms with van der Waals surface area (Å²) in [7, 11) is 0. The molecule has 84 valence electrons.